The summed E-state index contributed by atoms with van der Waals surface area (Å²) in [6, 6.07) is 8.98. The van der Waals surface area contributed by atoms with Crippen LogP contribution in [0.2, 0.25) is 0 Å². The van der Waals surface area contributed by atoms with Gasteiger partial charge in [0.1, 0.15) is 10.7 Å². The van der Waals surface area contributed by atoms with Crippen LogP contribution in [0.5, 0.6) is 0 Å². The maximum absolute atomic E-state index is 13.3. The second-order valence-corrected chi connectivity index (χ2v) is 7.06. The zero-order valence-corrected chi connectivity index (χ0v) is 13.3. The lowest BCUT2D eigenvalue weighted by atomic mass is 10.2. The summed E-state index contributed by atoms with van der Waals surface area (Å²) in [5.41, 5.74) is 1.79. The Bertz CT molecular complexity index is 740. The zero-order chi connectivity index (χ0) is 14.9. The Morgan fingerprint density at radius 2 is 1.75 bits per heavy atom. The van der Waals surface area contributed by atoms with E-state index >= 15 is 0 Å². The second kappa shape index (κ2) is 5.54. The molecule has 0 bridgehead atoms. The predicted octanol–water partition coefficient (Wildman–Crippen LogP) is 4.01. The van der Waals surface area contributed by atoms with Crippen LogP contribution in [0.15, 0.2) is 45.8 Å². The molecule has 0 unspecified atom stereocenters. The number of hydrogen-bond acceptors (Lipinski definition) is 2. The van der Waals surface area contributed by atoms with Crippen molar-refractivity contribution in [2.75, 3.05) is 4.72 Å². The molecule has 3 nitrogen and oxygen atoms in total. The highest BCUT2D eigenvalue weighted by Crippen LogP contribution is 2.25. The molecule has 0 aliphatic rings. The monoisotopic (exact) mass is 357 g/mol. The molecule has 0 spiro atoms. The molecule has 0 aliphatic heterocycles. The Morgan fingerprint density at radius 3 is 2.35 bits per heavy atom. The quantitative estimate of drug-likeness (QED) is 0.901. The smallest absolute Gasteiger partial charge is 0.263 e. The van der Waals surface area contributed by atoms with Gasteiger partial charge in [-0.3, -0.25) is 4.72 Å². The van der Waals surface area contributed by atoms with Gasteiger partial charge >= 0.3 is 0 Å². The van der Waals surface area contributed by atoms with Crippen molar-refractivity contribution < 1.29 is 12.8 Å². The van der Waals surface area contributed by atoms with Gasteiger partial charge < -0.3 is 0 Å². The first-order valence-electron chi connectivity index (χ1n) is 5.84. The first-order chi connectivity index (χ1) is 9.28. The fourth-order valence-corrected chi connectivity index (χ4v) is 4.06. The third kappa shape index (κ3) is 3.37. The molecule has 2 aromatic carbocycles. The van der Waals surface area contributed by atoms with Crippen LogP contribution < -0.4 is 4.72 Å². The standard InChI is InChI=1S/C14H13BrFNO2S/c1-9-3-4-14(13(15)7-9)20(18,19)17-12-6-10(2)5-11(16)8-12/h3-8,17H,1-2H3. The Hall–Kier alpha value is -1.40. The molecule has 0 fully saturated rings. The van der Waals surface area contributed by atoms with Crippen LogP contribution in [0.4, 0.5) is 10.1 Å². The molecular formula is C14H13BrFNO2S. The number of halogens is 2. The van der Waals surface area contributed by atoms with Gasteiger partial charge in [-0.25, -0.2) is 12.8 Å². The SMILES string of the molecule is Cc1cc(F)cc(NS(=O)(=O)c2ccc(C)cc2Br)c1. The first-order valence-corrected chi connectivity index (χ1v) is 8.12. The molecule has 0 aromatic heterocycles. The number of benzene rings is 2. The summed E-state index contributed by atoms with van der Waals surface area (Å²) in [4.78, 5) is 0.116. The third-order valence-corrected chi connectivity index (χ3v) is 5.03. The second-order valence-electron chi connectivity index (χ2n) is 4.56. The van der Waals surface area contributed by atoms with Crippen molar-refractivity contribution in [1.82, 2.24) is 0 Å². The van der Waals surface area contributed by atoms with Gasteiger partial charge in [0.2, 0.25) is 0 Å². The zero-order valence-electron chi connectivity index (χ0n) is 10.9. The normalized spacial score (nSPS) is 11.4. The molecule has 2 rings (SSSR count). The first kappa shape index (κ1) is 15.0. The summed E-state index contributed by atoms with van der Waals surface area (Å²) < 4.78 is 40.7. The van der Waals surface area contributed by atoms with E-state index in [9.17, 15) is 12.8 Å². The van der Waals surface area contributed by atoms with Crippen molar-refractivity contribution in [2.24, 2.45) is 0 Å². The van der Waals surface area contributed by atoms with Crippen molar-refractivity contribution in [3.8, 4) is 0 Å². The van der Waals surface area contributed by atoms with Crippen LogP contribution in [-0.4, -0.2) is 8.42 Å². The molecule has 20 heavy (non-hydrogen) atoms. The van der Waals surface area contributed by atoms with E-state index in [-0.39, 0.29) is 10.6 Å². The molecule has 0 aliphatic carbocycles. The molecule has 0 radical (unpaired) electrons. The Labute approximate surface area is 126 Å². The number of aryl methyl sites for hydroxylation is 2. The van der Waals surface area contributed by atoms with E-state index in [2.05, 4.69) is 20.7 Å². The van der Waals surface area contributed by atoms with Crippen LogP contribution in [0.1, 0.15) is 11.1 Å². The highest BCUT2D eigenvalue weighted by molar-refractivity contribution is 9.10. The van der Waals surface area contributed by atoms with Gasteiger partial charge in [0, 0.05) is 4.47 Å². The largest absolute Gasteiger partial charge is 0.279 e. The Balaban J connectivity index is 2.40. The van der Waals surface area contributed by atoms with Crippen molar-refractivity contribution in [3.05, 3.63) is 57.8 Å². The van der Waals surface area contributed by atoms with Crippen LogP contribution in [0.3, 0.4) is 0 Å². The highest BCUT2D eigenvalue weighted by Gasteiger charge is 2.18. The molecule has 0 atom stereocenters. The minimum atomic E-state index is -3.76. The minimum Gasteiger partial charge on any atom is -0.279 e. The van der Waals surface area contributed by atoms with E-state index in [1.165, 1.54) is 12.1 Å². The number of hydrogen-bond donors (Lipinski definition) is 1. The van der Waals surface area contributed by atoms with Gasteiger partial charge in [-0.15, -0.1) is 0 Å². The maximum atomic E-state index is 13.3. The Kier molecular flexibility index (Phi) is 4.15. The molecule has 0 saturated carbocycles. The average Bonchev–Trinajstić information content (AvgIpc) is 2.25. The van der Waals surface area contributed by atoms with E-state index < -0.39 is 15.8 Å². The lowest BCUT2D eigenvalue weighted by Gasteiger charge is -2.11. The fourth-order valence-electron chi connectivity index (χ4n) is 1.83. The molecule has 1 N–H and O–H groups in total. The highest BCUT2D eigenvalue weighted by atomic mass is 79.9. The predicted molar refractivity (Wildman–Crippen MR) is 80.8 cm³/mol. The lowest BCUT2D eigenvalue weighted by Crippen LogP contribution is -2.14. The molecule has 0 amide bonds. The topological polar surface area (TPSA) is 46.2 Å². The number of anilines is 1. The molecule has 0 saturated heterocycles. The van der Waals surface area contributed by atoms with E-state index in [1.54, 1.807) is 25.1 Å². The van der Waals surface area contributed by atoms with Crippen LogP contribution in [0, 0.1) is 19.7 Å². The van der Waals surface area contributed by atoms with Gasteiger partial charge in [-0.05, 0) is 71.2 Å². The summed E-state index contributed by atoms with van der Waals surface area (Å²) in [7, 11) is -3.76. The fraction of sp³-hybridized carbons (Fsp3) is 0.143. The van der Waals surface area contributed by atoms with E-state index in [0.717, 1.165) is 11.6 Å². The van der Waals surface area contributed by atoms with Gasteiger partial charge in [-0.1, -0.05) is 6.07 Å². The number of nitrogens with one attached hydrogen (secondary N) is 1. The van der Waals surface area contributed by atoms with E-state index in [1.807, 2.05) is 6.92 Å². The Morgan fingerprint density at radius 1 is 1.05 bits per heavy atom. The molecule has 0 heterocycles. The number of sulfonamides is 1. The van der Waals surface area contributed by atoms with Crippen LogP contribution in [-0.2, 0) is 10.0 Å². The summed E-state index contributed by atoms with van der Waals surface area (Å²) in [6.07, 6.45) is 0. The van der Waals surface area contributed by atoms with Crippen LogP contribution >= 0.6 is 15.9 Å². The third-order valence-electron chi connectivity index (χ3n) is 2.67. The lowest BCUT2D eigenvalue weighted by molar-refractivity contribution is 0.600. The summed E-state index contributed by atoms with van der Waals surface area (Å²) in [5, 5.41) is 0. The molecular weight excluding hydrogens is 345 g/mol. The van der Waals surface area contributed by atoms with Crippen molar-refractivity contribution in [2.45, 2.75) is 18.7 Å². The van der Waals surface area contributed by atoms with Crippen molar-refractivity contribution in [1.29, 1.82) is 0 Å². The molecule has 106 valence electrons. The average molecular weight is 358 g/mol. The van der Waals surface area contributed by atoms with Crippen molar-refractivity contribution >= 4 is 31.6 Å². The van der Waals surface area contributed by atoms with Gasteiger partial charge in [0.05, 0.1) is 5.69 Å². The van der Waals surface area contributed by atoms with Crippen LogP contribution in [0.25, 0.3) is 0 Å². The van der Waals surface area contributed by atoms with E-state index in [4.69, 9.17) is 0 Å². The van der Waals surface area contributed by atoms with Gasteiger partial charge in [-0.2, -0.15) is 0 Å². The van der Waals surface area contributed by atoms with Gasteiger partial charge in [0.25, 0.3) is 10.0 Å². The molecule has 2 aromatic rings. The van der Waals surface area contributed by atoms with Gasteiger partial charge in [0.15, 0.2) is 0 Å². The molecule has 6 heteroatoms. The minimum absolute atomic E-state index is 0.116. The maximum Gasteiger partial charge on any atom is 0.263 e. The van der Waals surface area contributed by atoms with E-state index in [0.29, 0.717) is 10.0 Å². The number of rotatable bonds is 3. The summed E-state index contributed by atoms with van der Waals surface area (Å²) >= 11 is 3.23. The van der Waals surface area contributed by atoms with Crippen molar-refractivity contribution in [3.63, 3.8) is 0 Å². The summed E-state index contributed by atoms with van der Waals surface area (Å²) in [6.45, 7) is 3.56. The summed E-state index contributed by atoms with van der Waals surface area (Å²) in [5.74, 6) is -0.481.